The monoisotopic (exact) mass is 112 g/mol. The van der Waals surface area contributed by atoms with E-state index in [2.05, 4.69) is 0 Å². The fraction of sp³-hybridized carbons (Fsp3) is 1.00. The second-order valence-electron chi connectivity index (χ2n) is 0.440. The molecule has 0 aliphatic heterocycles. The van der Waals surface area contributed by atoms with E-state index in [0.717, 1.165) is 0 Å². The van der Waals surface area contributed by atoms with E-state index in [0.29, 0.717) is 9.39 Å². The van der Waals surface area contributed by atoms with Gasteiger partial charge in [-0.15, -0.1) is 0 Å². The maximum Gasteiger partial charge on any atom is 0.145 e. The summed E-state index contributed by atoms with van der Waals surface area (Å²) < 4.78 is 18.2. The molecule has 0 radical (unpaired) electrons. The summed E-state index contributed by atoms with van der Waals surface area (Å²) in [5.41, 5.74) is 0. The molecule has 0 aromatic carbocycles. The molecule has 0 saturated carbocycles. The quantitative estimate of drug-likeness (QED) is 0.306. The highest BCUT2D eigenvalue weighted by Crippen LogP contribution is 1.25. The molecule has 0 spiro atoms. The van der Waals surface area contributed by atoms with Crippen LogP contribution in [0, 0.1) is 0 Å². The van der Waals surface area contributed by atoms with Gasteiger partial charge in [0.05, 0.1) is 0 Å². The van der Waals surface area contributed by atoms with Gasteiger partial charge >= 0.3 is 0 Å². The molecule has 0 N–H and O–H groups in total. The Bertz CT molecular complexity index is 58.0. The highest BCUT2D eigenvalue weighted by atomic mass is 32.4. The van der Waals surface area contributed by atoms with Crippen LogP contribution in [-0.4, -0.2) is 17.8 Å². The lowest BCUT2D eigenvalue weighted by molar-refractivity contribution is 0.626. The Balaban J connectivity index is 0. The van der Waals surface area contributed by atoms with Crippen LogP contribution in [-0.2, 0) is 10.2 Å². The second kappa shape index (κ2) is 4.17. The first kappa shape index (κ1) is 8.95. The van der Waals surface area contributed by atoms with Crippen molar-refractivity contribution in [3.63, 3.8) is 0 Å². The van der Waals surface area contributed by atoms with Crippen molar-refractivity contribution in [2.75, 3.05) is 0 Å². The zero-order chi connectivity index (χ0) is 3.58. The minimum Gasteiger partial charge on any atom is -0.240 e. The maximum absolute atomic E-state index is 9.10. The van der Waals surface area contributed by atoms with Gasteiger partial charge in [0.2, 0.25) is 0 Å². The first-order chi connectivity index (χ1) is 1.73. The van der Waals surface area contributed by atoms with Crippen LogP contribution in [0.15, 0.2) is 0 Å². The summed E-state index contributed by atoms with van der Waals surface area (Å²) >= 11 is 0. The second-order valence-corrected chi connectivity index (χ2v) is 3.51. The van der Waals surface area contributed by atoms with Crippen LogP contribution < -0.4 is 0 Å². The van der Waals surface area contributed by atoms with Crippen molar-refractivity contribution in [2.45, 2.75) is 7.43 Å². The molecule has 0 amide bonds. The molecular weight excluding hydrogens is 104 g/mol. The standard InChI is InChI=1S/CH4.H4O2SSi/c;1-3(2)4/h1H4;3H,4H3. The van der Waals surface area contributed by atoms with Crippen molar-refractivity contribution >= 4 is 19.5 Å². The molecule has 4 heteroatoms. The lowest BCUT2D eigenvalue weighted by atomic mass is 12.0. The van der Waals surface area contributed by atoms with Crippen molar-refractivity contribution in [3.05, 3.63) is 0 Å². The fourth-order valence-corrected chi connectivity index (χ4v) is 0. The Hall–Kier alpha value is 0.167. The van der Waals surface area contributed by atoms with Gasteiger partial charge in [0.1, 0.15) is 19.5 Å². The summed E-state index contributed by atoms with van der Waals surface area (Å²) in [6, 6.07) is 0. The maximum atomic E-state index is 9.10. The van der Waals surface area contributed by atoms with E-state index < -0.39 is 10.2 Å². The van der Waals surface area contributed by atoms with Crippen LogP contribution in [0.2, 0.25) is 0 Å². The molecule has 0 aromatic rings. The average Bonchev–Trinajstić information content (AvgIpc) is 0.811. The summed E-state index contributed by atoms with van der Waals surface area (Å²) in [5.74, 6) is 0. The van der Waals surface area contributed by atoms with Gasteiger partial charge in [-0.1, -0.05) is 7.43 Å². The SMILES string of the molecule is C.O=[SH](=O)[SiH3]. The lowest BCUT2D eigenvalue weighted by Gasteiger charge is -1.40. The van der Waals surface area contributed by atoms with Gasteiger partial charge in [0, 0.05) is 0 Å². The third-order valence-corrected chi connectivity index (χ3v) is 0. The largest absolute Gasteiger partial charge is 0.240 e. The molecule has 0 aliphatic carbocycles. The molecule has 0 aliphatic rings. The molecular formula is CH8O2SSi. The van der Waals surface area contributed by atoms with Crippen LogP contribution >= 0.6 is 0 Å². The van der Waals surface area contributed by atoms with Gasteiger partial charge in [0.25, 0.3) is 0 Å². The molecule has 0 atom stereocenters. The van der Waals surface area contributed by atoms with Crippen LogP contribution in [0.1, 0.15) is 7.43 Å². The first-order valence-corrected chi connectivity index (χ1v) is 5.12. The average molecular weight is 112 g/mol. The van der Waals surface area contributed by atoms with Gasteiger partial charge in [-0.2, -0.15) is 0 Å². The first-order valence-electron chi connectivity index (χ1n) is 0.812. The number of rotatable bonds is 0. The lowest BCUT2D eigenvalue weighted by Crippen LogP contribution is -1.60. The van der Waals surface area contributed by atoms with Crippen molar-refractivity contribution in [2.24, 2.45) is 0 Å². The minimum atomic E-state index is -1.98. The molecule has 0 aromatic heterocycles. The Morgan fingerprint density at radius 1 is 1.40 bits per heavy atom. The smallest absolute Gasteiger partial charge is 0.145 e. The van der Waals surface area contributed by atoms with E-state index in [4.69, 9.17) is 8.42 Å². The topological polar surface area (TPSA) is 34.1 Å². The van der Waals surface area contributed by atoms with Gasteiger partial charge in [-0.05, 0) is 0 Å². The van der Waals surface area contributed by atoms with Crippen LogP contribution in [0.3, 0.4) is 0 Å². The van der Waals surface area contributed by atoms with Crippen molar-refractivity contribution in [1.82, 2.24) is 0 Å². The highest BCUT2D eigenvalue weighted by Gasteiger charge is 1.46. The van der Waals surface area contributed by atoms with Crippen LogP contribution in [0.4, 0.5) is 0 Å². The molecule has 0 fully saturated rings. The van der Waals surface area contributed by atoms with Gasteiger partial charge in [-0.25, -0.2) is 8.42 Å². The van der Waals surface area contributed by atoms with E-state index in [1.165, 1.54) is 0 Å². The Morgan fingerprint density at radius 2 is 1.40 bits per heavy atom. The van der Waals surface area contributed by atoms with Gasteiger partial charge in [0.15, 0.2) is 0 Å². The summed E-state index contributed by atoms with van der Waals surface area (Å²) in [6.45, 7) is 0. The predicted molar refractivity (Wildman–Crippen MR) is 27.0 cm³/mol. The van der Waals surface area contributed by atoms with E-state index in [9.17, 15) is 0 Å². The van der Waals surface area contributed by atoms with E-state index >= 15 is 0 Å². The van der Waals surface area contributed by atoms with Crippen LogP contribution in [0.25, 0.3) is 0 Å². The Kier molecular flexibility index (Phi) is 7.45. The summed E-state index contributed by atoms with van der Waals surface area (Å²) in [6.07, 6.45) is 0. The number of thiol groups is 1. The van der Waals surface area contributed by atoms with Crippen molar-refractivity contribution in [1.29, 1.82) is 0 Å². The normalized spacial score (nSPS) is 7.40. The summed E-state index contributed by atoms with van der Waals surface area (Å²) in [5, 5.41) is 0. The summed E-state index contributed by atoms with van der Waals surface area (Å²) in [7, 11) is -1.68. The number of hydrogen-bond donors (Lipinski definition) is 1. The summed E-state index contributed by atoms with van der Waals surface area (Å²) in [4.78, 5) is 0. The zero-order valence-electron chi connectivity index (χ0n) is 2.26. The minimum absolute atomic E-state index is 0. The number of hydrogen-bond acceptors (Lipinski definition) is 2. The zero-order valence-corrected chi connectivity index (χ0v) is 5.16. The van der Waals surface area contributed by atoms with E-state index in [1.807, 2.05) is 0 Å². The Labute approximate surface area is 36.2 Å². The molecule has 0 bridgehead atoms. The molecule has 2 nitrogen and oxygen atoms in total. The van der Waals surface area contributed by atoms with Crippen molar-refractivity contribution < 1.29 is 8.42 Å². The Morgan fingerprint density at radius 3 is 1.40 bits per heavy atom. The molecule has 0 heterocycles. The van der Waals surface area contributed by atoms with Gasteiger partial charge in [-0.3, -0.25) is 0 Å². The van der Waals surface area contributed by atoms with Crippen molar-refractivity contribution in [3.8, 4) is 0 Å². The van der Waals surface area contributed by atoms with E-state index in [1.54, 1.807) is 0 Å². The molecule has 0 saturated heterocycles. The molecule has 0 rings (SSSR count). The molecule has 34 valence electrons. The predicted octanol–water partition coefficient (Wildman–Crippen LogP) is -1.49. The highest BCUT2D eigenvalue weighted by molar-refractivity contribution is 7.96. The third kappa shape index (κ3) is 703. The molecule has 5 heavy (non-hydrogen) atoms. The fourth-order valence-electron chi connectivity index (χ4n) is 0. The third-order valence-electron chi connectivity index (χ3n) is 0. The van der Waals surface area contributed by atoms with Gasteiger partial charge < -0.3 is 0 Å². The van der Waals surface area contributed by atoms with Crippen LogP contribution in [0.5, 0.6) is 0 Å². The molecule has 0 unspecified atom stereocenters. The van der Waals surface area contributed by atoms with E-state index in [-0.39, 0.29) is 7.43 Å².